The van der Waals surface area contributed by atoms with Gasteiger partial charge < -0.3 is 5.32 Å². The highest BCUT2D eigenvalue weighted by atomic mass is 32.2. The van der Waals surface area contributed by atoms with Crippen LogP contribution < -0.4 is 5.32 Å². The predicted octanol–water partition coefficient (Wildman–Crippen LogP) is 1.51. The van der Waals surface area contributed by atoms with Crippen molar-refractivity contribution in [1.82, 2.24) is 15.5 Å². The molecule has 1 atom stereocenters. The zero-order valence-electron chi connectivity index (χ0n) is 9.67. The minimum atomic E-state index is 0.000602. The molecule has 0 spiro atoms. The van der Waals surface area contributed by atoms with Gasteiger partial charge in [0, 0.05) is 12.2 Å². The van der Waals surface area contributed by atoms with E-state index in [0.29, 0.717) is 11.5 Å². The summed E-state index contributed by atoms with van der Waals surface area (Å²) in [5, 5.41) is 9.85. The van der Waals surface area contributed by atoms with Gasteiger partial charge in [-0.3, -0.25) is 9.89 Å². The number of aromatic nitrogens is 2. The number of thioether (sulfide) groups is 1. The molecule has 0 saturated carbocycles. The third-order valence-electron chi connectivity index (χ3n) is 2.93. The van der Waals surface area contributed by atoms with Crippen molar-refractivity contribution in [3.8, 4) is 0 Å². The quantitative estimate of drug-likeness (QED) is 0.840. The molecule has 1 unspecified atom stereocenters. The summed E-state index contributed by atoms with van der Waals surface area (Å²) in [5.74, 6) is 3.04. The zero-order chi connectivity index (χ0) is 11.5. The van der Waals surface area contributed by atoms with Crippen LogP contribution >= 0.6 is 11.8 Å². The first-order chi connectivity index (χ1) is 7.68. The van der Waals surface area contributed by atoms with Crippen LogP contribution in [0.1, 0.15) is 28.2 Å². The van der Waals surface area contributed by atoms with Gasteiger partial charge in [-0.15, -0.1) is 0 Å². The molecule has 2 heterocycles. The molecule has 0 aromatic carbocycles. The Balaban J connectivity index is 1.92. The predicted molar refractivity (Wildman–Crippen MR) is 65.8 cm³/mol. The van der Waals surface area contributed by atoms with Crippen molar-refractivity contribution >= 4 is 17.7 Å². The van der Waals surface area contributed by atoms with E-state index in [-0.39, 0.29) is 5.91 Å². The third-order valence-corrected chi connectivity index (χ3v) is 4.16. The molecular weight excluding hydrogens is 222 g/mol. The Morgan fingerprint density at radius 2 is 2.44 bits per heavy atom. The minimum Gasteiger partial charge on any atom is -0.352 e. The molecule has 1 fully saturated rings. The molecule has 1 aliphatic heterocycles. The van der Waals surface area contributed by atoms with Gasteiger partial charge in [0.25, 0.3) is 5.91 Å². The van der Waals surface area contributed by atoms with Crippen LogP contribution in [0, 0.1) is 19.8 Å². The Labute approximate surface area is 99.6 Å². The van der Waals surface area contributed by atoms with E-state index in [1.54, 1.807) is 0 Å². The van der Waals surface area contributed by atoms with Gasteiger partial charge in [0.1, 0.15) is 0 Å². The van der Waals surface area contributed by atoms with E-state index in [4.69, 9.17) is 0 Å². The van der Waals surface area contributed by atoms with Crippen LogP contribution in [-0.2, 0) is 0 Å². The first-order valence-corrected chi connectivity index (χ1v) is 6.71. The van der Waals surface area contributed by atoms with Gasteiger partial charge in [0.05, 0.1) is 11.3 Å². The Kier molecular flexibility index (Phi) is 3.53. The molecular formula is C11H17N3OS. The second kappa shape index (κ2) is 4.91. The number of rotatable bonds is 3. The summed E-state index contributed by atoms with van der Waals surface area (Å²) < 4.78 is 0. The van der Waals surface area contributed by atoms with Crippen LogP contribution in [0.15, 0.2) is 0 Å². The molecule has 5 heteroatoms. The van der Waals surface area contributed by atoms with E-state index in [1.807, 2.05) is 25.6 Å². The van der Waals surface area contributed by atoms with Crippen molar-refractivity contribution in [1.29, 1.82) is 0 Å². The van der Waals surface area contributed by atoms with Crippen molar-refractivity contribution in [3.63, 3.8) is 0 Å². The summed E-state index contributed by atoms with van der Waals surface area (Å²) >= 11 is 1.97. The van der Waals surface area contributed by atoms with E-state index in [0.717, 1.165) is 17.9 Å². The van der Waals surface area contributed by atoms with Gasteiger partial charge in [-0.05, 0) is 37.7 Å². The lowest BCUT2D eigenvalue weighted by Crippen LogP contribution is -2.29. The fraction of sp³-hybridized carbons (Fsp3) is 0.636. The van der Waals surface area contributed by atoms with Crippen molar-refractivity contribution < 1.29 is 4.79 Å². The SMILES string of the molecule is Cc1n[nH]c(C)c1C(=O)NCC1CCSC1. The topological polar surface area (TPSA) is 57.8 Å². The summed E-state index contributed by atoms with van der Waals surface area (Å²) in [6, 6.07) is 0. The van der Waals surface area contributed by atoms with E-state index in [1.165, 1.54) is 17.9 Å². The average molecular weight is 239 g/mol. The minimum absolute atomic E-state index is 0.000602. The summed E-state index contributed by atoms with van der Waals surface area (Å²) in [5.41, 5.74) is 2.32. The molecule has 1 aromatic heterocycles. The molecule has 2 N–H and O–H groups in total. The van der Waals surface area contributed by atoms with Crippen LogP contribution in [0.25, 0.3) is 0 Å². The number of nitrogens with zero attached hydrogens (tertiary/aromatic N) is 1. The number of hydrogen-bond acceptors (Lipinski definition) is 3. The zero-order valence-corrected chi connectivity index (χ0v) is 10.5. The van der Waals surface area contributed by atoms with Crippen molar-refractivity contribution in [2.75, 3.05) is 18.1 Å². The maximum Gasteiger partial charge on any atom is 0.255 e. The van der Waals surface area contributed by atoms with Gasteiger partial charge >= 0.3 is 0 Å². The maximum atomic E-state index is 11.9. The highest BCUT2D eigenvalue weighted by Crippen LogP contribution is 2.22. The highest BCUT2D eigenvalue weighted by molar-refractivity contribution is 7.99. The first-order valence-electron chi connectivity index (χ1n) is 5.56. The molecule has 0 aliphatic carbocycles. The van der Waals surface area contributed by atoms with E-state index in [2.05, 4.69) is 15.5 Å². The molecule has 2 rings (SSSR count). The van der Waals surface area contributed by atoms with Gasteiger partial charge in [-0.1, -0.05) is 0 Å². The number of hydrogen-bond donors (Lipinski definition) is 2. The fourth-order valence-corrected chi connectivity index (χ4v) is 3.24. The molecule has 1 saturated heterocycles. The lowest BCUT2D eigenvalue weighted by atomic mass is 10.1. The number of H-pyrrole nitrogens is 1. The van der Waals surface area contributed by atoms with E-state index in [9.17, 15) is 4.79 Å². The van der Waals surface area contributed by atoms with Gasteiger partial charge in [0.2, 0.25) is 0 Å². The van der Waals surface area contributed by atoms with Gasteiger partial charge in [-0.2, -0.15) is 16.9 Å². The van der Waals surface area contributed by atoms with Crippen LogP contribution in [0.5, 0.6) is 0 Å². The smallest absolute Gasteiger partial charge is 0.255 e. The fourth-order valence-electron chi connectivity index (χ4n) is 1.96. The summed E-state index contributed by atoms with van der Waals surface area (Å²) in [4.78, 5) is 11.9. The standard InChI is InChI=1S/C11H17N3OS/c1-7-10(8(2)14-13-7)11(15)12-5-9-3-4-16-6-9/h9H,3-6H2,1-2H3,(H,12,15)(H,13,14). The number of nitrogens with one attached hydrogen (secondary N) is 2. The maximum absolute atomic E-state index is 11.9. The average Bonchev–Trinajstić information content (AvgIpc) is 2.86. The first kappa shape index (κ1) is 11.5. The van der Waals surface area contributed by atoms with Crippen molar-refractivity contribution in [2.45, 2.75) is 20.3 Å². The Morgan fingerprint density at radius 1 is 1.62 bits per heavy atom. The molecule has 4 nitrogen and oxygen atoms in total. The lowest BCUT2D eigenvalue weighted by molar-refractivity contribution is 0.0947. The molecule has 1 aromatic rings. The number of aryl methyl sites for hydroxylation is 2. The number of amides is 1. The van der Waals surface area contributed by atoms with Crippen molar-refractivity contribution in [3.05, 3.63) is 17.0 Å². The summed E-state index contributed by atoms with van der Waals surface area (Å²) in [6.45, 7) is 4.51. The molecule has 88 valence electrons. The van der Waals surface area contributed by atoms with Crippen LogP contribution in [0.4, 0.5) is 0 Å². The van der Waals surface area contributed by atoms with Crippen LogP contribution in [0.3, 0.4) is 0 Å². The van der Waals surface area contributed by atoms with Gasteiger partial charge in [-0.25, -0.2) is 0 Å². The molecule has 0 bridgehead atoms. The normalized spacial score (nSPS) is 20.0. The number of carbonyl (C=O) groups excluding carboxylic acids is 1. The Bertz CT molecular complexity index is 363. The van der Waals surface area contributed by atoms with E-state index >= 15 is 0 Å². The largest absolute Gasteiger partial charge is 0.352 e. The van der Waals surface area contributed by atoms with Crippen LogP contribution in [-0.4, -0.2) is 34.2 Å². The Morgan fingerprint density at radius 3 is 3.00 bits per heavy atom. The second-order valence-corrected chi connectivity index (χ2v) is 5.40. The molecule has 0 radical (unpaired) electrons. The molecule has 16 heavy (non-hydrogen) atoms. The van der Waals surface area contributed by atoms with Gasteiger partial charge in [0.15, 0.2) is 0 Å². The Hall–Kier alpha value is -0.970. The van der Waals surface area contributed by atoms with E-state index < -0.39 is 0 Å². The van der Waals surface area contributed by atoms with Crippen molar-refractivity contribution in [2.24, 2.45) is 5.92 Å². The summed E-state index contributed by atoms with van der Waals surface area (Å²) in [7, 11) is 0. The number of aromatic amines is 1. The number of carbonyl (C=O) groups is 1. The monoisotopic (exact) mass is 239 g/mol. The molecule has 1 aliphatic rings. The summed E-state index contributed by atoms with van der Waals surface area (Å²) in [6.07, 6.45) is 1.22. The lowest BCUT2D eigenvalue weighted by Gasteiger charge is -2.09. The highest BCUT2D eigenvalue weighted by Gasteiger charge is 2.19. The third kappa shape index (κ3) is 2.40. The van der Waals surface area contributed by atoms with Crippen LogP contribution in [0.2, 0.25) is 0 Å². The molecule has 1 amide bonds. The second-order valence-electron chi connectivity index (χ2n) is 4.25.